The van der Waals surface area contributed by atoms with Crippen LogP contribution < -0.4 is 5.32 Å². The van der Waals surface area contributed by atoms with Crippen LogP contribution in [-0.2, 0) is 16.8 Å². The zero-order valence-corrected chi connectivity index (χ0v) is 15.8. The van der Waals surface area contributed by atoms with Crippen molar-refractivity contribution in [2.75, 3.05) is 14.1 Å². The molecule has 1 fully saturated rings. The van der Waals surface area contributed by atoms with Crippen molar-refractivity contribution in [3.63, 3.8) is 0 Å². The molecule has 0 spiro atoms. The van der Waals surface area contributed by atoms with Crippen molar-refractivity contribution >= 4 is 11.8 Å². The van der Waals surface area contributed by atoms with Crippen molar-refractivity contribution in [3.05, 3.63) is 71.0 Å². The lowest BCUT2D eigenvalue weighted by Gasteiger charge is -2.28. The van der Waals surface area contributed by atoms with Gasteiger partial charge in [0.15, 0.2) is 0 Å². The molecule has 0 atom stereocenters. The highest BCUT2D eigenvalue weighted by Gasteiger charge is 2.42. The third-order valence-corrected chi connectivity index (χ3v) is 5.33. The van der Waals surface area contributed by atoms with Crippen molar-refractivity contribution in [2.24, 2.45) is 0 Å². The average Bonchev–Trinajstić information content (AvgIpc) is 3.17. The van der Waals surface area contributed by atoms with Crippen LogP contribution in [0, 0.1) is 5.82 Å². The quantitative estimate of drug-likeness (QED) is 0.876. The van der Waals surface area contributed by atoms with Gasteiger partial charge in [-0.15, -0.1) is 0 Å². The van der Waals surface area contributed by atoms with E-state index in [0.717, 1.165) is 36.8 Å². The Kier molecular flexibility index (Phi) is 5.59. The van der Waals surface area contributed by atoms with Gasteiger partial charge in [-0.05, 0) is 48.2 Å². The van der Waals surface area contributed by atoms with E-state index in [-0.39, 0.29) is 17.6 Å². The van der Waals surface area contributed by atoms with Gasteiger partial charge < -0.3 is 10.2 Å². The summed E-state index contributed by atoms with van der Waals surface area (Å²) in [6.07, 6.45) is 3.40. The minimum absolute atomic E-state index is 0.0541. The minimum atomic E-state index is -0.650. The molecule has 0 aliphatic heterocycles. The molecule has 1 N–H and O–H groups in total. The lowest BCUT2D eigenvalue weighted by Crippen LogP contribution is -2.42. The van der Waals surface area contributed by atoms with Crippen LogP contribution in [0.1, 0.15) is 47.2 Å². The number of carbonyl (C=O) groups is 2. The van der Waals surface area contributed by atoms with E-state index in [1.807, 2.05) is 18.2 Å². The molecular weight excluding hydrogens is 343 g/mol. The Bertz CT molecular complexity index is 824. The van der Waals surface area contributed by atoms with Crippen LogP contribution in [0.15, 0.2) is 48.5 Å². The molecule has 0 radical (unpaired) electrons. The highest BCUT2D eigenvalue weighted by atomic mass is 19.1. The maximum atomic E-state index is 13.7. The van der Waals surface area contributed by atoms with Gasteiger partial charge in [0.05, 0.1) is 5.41 Å². The molecule has 27 heavy (non-hydrogen) atoms. The summed E-state index contributed by atoms with van der Waals surface area (Å²) in [5.41, 5.74) is 1.64. The molecule has 2 amide bonds. The Balaban J connectivity index is 1.71. The molecule has 1 aliphatic carbocycles. The first-order valence-corrected chi connectivity index (χ1v) is 9.27. The Hall–Kier alpha value is -2.69. The zero-order valence-electron chi connectivity index (χ0n) is 15.8. The molecular formula is C22H25FN2O2. The van der Waals surface area contributed by atoms with Gasteiger partial charge in [0.1, 0.15) is 5.82 Å². The van der Waals surface area contributed by atoms with Crippen LogP contribution in [0.25, 0.3) is 0 Å². The van der Waals surface area contributed by atoms with E-state index in [2.05, 4.69) is 5.32 Å². The summed E-state index contributed by atoms with van der Waals surface area (Å²) in [6, 6.07) is 13.6. The normalized spacial score (nSPS) is 15.4. The van der Waals surface area contributed by atoms with E-state index < -0.39 is 5.41 Å². The molecule has 3 rings (SSSR count). The Labute approximate surface area is 159 Å². The standard InChI is InChI=1S/C22H25FN2O2/c1-25(2)20(26)17-10-8-16(9-11-17)15-24-21(27)22(12-3-4-13-22)18-6-5-7-19(23)14-18/h5-11,14H,3-4,12-13,15H2,1-2H3,(H,24,27). The smallest absolute Gasteiger partial charge is 0.253 e. The summed E-state index contributed by atoms with van der Waals surface area (Å²) < 4.78 is 13.7. The van der Waals surface area contributed by atoms with Gasteiger partial charge in [0.25, 0.3) is 5.91 Å². The van der Waals surface area contributed by atoms with Gasteiger partial charge >= 0.3 is 0 Å². The SMILES string of the molecule is CN(C)C(=O)c1ccc(CNC(=O)C2(c3cccc(F)c3)CCCC2)cc1. The zero-order chi connectivity index (χ0) is 19.4. The van der Waals surface area contributed by atoms with Gasteiger partial charge in [-0.1, -0.05) is 37.1 Å². The summed E-state index contributed by atoms with van der Waals surface area (Å²) in [5.74, 6) is -0.423. The molecule has 2 aromatic rings. The predicted molar refractivity (Wildman–Crippen MR) is 103 cm³/mol. The highest BCUT2D eigenvalue weighted by molar-refractivity contribution is 5.94. The van der Waals surface area contributed by atoms with Crippen LogP contribution >= 0.6 is 0 Å². The fourth-order valence-electron chi connectivity index (χ4n) is 3.79. The second-order valence-corrected chi connectivity index (χ2v) is 7.38. The lowest BCUT2D eigenvalue weighted by atomic mass is 9.78. The summed E-state index contributed by atoms with van der Waals surface area (Å²) in [5, 5.41) is 3.01. The number of hydrogen-bond acceptors (Lipinski definition) is 2. The van der Waals surface area contributed by atoms with Crippen LogP contribution in [-0.4, -0.2) is 30.8 Å². The molecule has 0 heterocycles. The first kappa shape index (κ1) is 19.1. The molecule has 1 saturated carbocycles. The van der Waals surface area contributed by atoms with Crippen LogP contribution in [0.3, 0.4) is 0 Å². The minimum Gasteiger partial charge on any atom is -0.351 e. The number of nitrogens with zero attached hydrogens (tertiary/aromatic N) is 1. The van der Waals surface area contributed by atoms with Gasteiger partial charge in [0, 0.05) is 26.2 Å². The average molecular weight is 368 g/mol. The maximum absolute atomic E-state index is 13.7. The van der Waals surface area contributed by atoms with Crippen molar-refractivity contribution in [1.82, 2.24) is 10.2 Å². The van der Waals surface area contributed by atoms with Gasteiger partial charge in [-0.25, -0.2) is 4.39 Å². The molecule has 0 unspecified atom stereocenters. The second kappa shape index (κ2) is 7.91. The molecule has 4 nitrogen and oxygen atoms in total. The Morgan fingerprint density at radius 3 is 2.33 bits per heavy atom. The maximum Gasteiger partial charge on any atom is 0.253 e. The van der Waals surface area contributed by atoms with Crippen molar-refractivity contribution in [2.45, 2.75) is 37.6 Å². The predicted octanol–water partition coefficient (Wildman–Crippen LogP) is 3.66. The number of amides is 2. The second-order valence-electron chi connectivity index (χ2n) is 7.38. The van der Waals surface area contributed by atoms with Crippen molar-refractivity contribution in [1.29, 1.82) is 0 Å². The van der Waals surface area contributed by atoms with E-state index in [0.29, 0.717) is 12.1 Å². The van der Waals surface area contributed by atoms with E-state index in [1.165, 1.54) is 17.0 Å². The molecule has 5 heteroatoms. The summed E-state index contributed by atoms with van der Waals surface area (Å²) in [4.78, 5) is 26.5. The molecule has 0 bridgehead atoms. The molecule has 142 valence electrons. The van der Waals surface area contributed by atoms with E-state index >= 15 is 0 Å². The molecule has 0 aromatic heterocycles. The fraction of sp³-hybridized carbons (Fsp3) is 0.364. The number of benzene rings is 2. The summed E-state index contributed by atoms with van der Waals surface area (Å²) >= 11 is 0. The monoisotopic (exact) mass is 368 g/mol. The summed E-state index contributed by atoms with van der Waals surface area (Å²) in [7, 11) is 3.42. The first-order valence-electron chi connectivity index (χ1n) is 9.27. The van der Waals surface area contributed by atoms with E-state index in [4.69, 9.17) is 0 Å². The van der Waals surface area contributed by atoms with Crippen LogP contribution in [0.5, 0.6) is 0 Å². The molecule has 1 aliphatic rings. The van der Waals surface area contributed by atoms with Crippen molar-refractivity contribution in [3.8, 4) is 0 Å². The van der Waals surface area contributed by atoms with Crippen molar-refractivity contribution < 1.29 is 14.0 Å². The van der Waals surface area contributed by atoms with Gasteiger partial charge in [-0.3, -0.25) is 9.59 Å². The highest BCUT2D eigenvalue weighted by Crippen LogP contribution is 2.41. The van der Waals surface area contributed by atoms with Gasteiger partial charge in [-0.2, -0.15) is 0 Å². The fourth-order valence-corrected chi connectivity index (χ4v) is 3.79. The summed E-state index contributed by atoms with van der Waals surface area (Å²) in [6.45, 7) is 0.381. The largest absolute Gasteiger partial charge is 0.351 e. The van der Waals surface area contributed by atoms with E-state index in [9.17, 15) is 14.0 Å². The van der Waals surface area contributed by atoms with E-state index in [1.54, 1.807) is 32.3 Å². The Morgan fingerprint density at radius 1 is 1.07 bits per heavy atom. The number of halogens is 1. The number of rotatable bonds is 5. The lowest BCUT2D eigenvalue weighted by molar-refractivity contribution is -0.126. The topological polar surface area (TPSA) is 49.4 Å². The molecule has 2 aromatic carbocycles. The number of carbonyl (C=O) groups excluding carboxylic acids is 2. The van der Waals surface area contributed by atoms with Crippen LogP contribution in [0.2, 0.25) is 0 Å². The first-order chi connectivity index (χ1) is 12.9. The third kappa shape index (κ3) is 4.02. The number of hydrogen-bond donors (Lipinski definition) is 1. The molecule has 0 saturated heterocycles. The van der Waals surface area contributed by atoms with Crippen LogP contribution in [0.4, 0.5) is 4.39 Å². The number of nitrogens with one attached hydrogen (secondary N) is 1. The Morgan fingerprint density at radius 2 is 1.74 bits per heavy atom. The van der Waals surface area contributed by atoms with Gasteiger partial charge in [0.2, 0.25) is 5.91 Å². The third-order valence-electron chi connectivity index (χ3n) is 5.33.